The van der Waals surface area contributed by atoms with Crippen LogP contribution in [0.15, 0.2) is 170 Å². The van der Waals surface area contributed by atoms with Crippen molar-refractivity contribution in [1.82, 2.24) is 34.3 Å². The van der Waals surface area contributed by atoms with Crippen LogP contribution in [0.3, 0.4) is 0 Å². The minimum absolute atomic E-state index is 0. The standard InChI is InChI=1S/C79H87F7N8O8.3ClH/c1-88(51-56-14-12-18-60(46-56)73(97)91(4)44-45-92-39-31-66(32-40-92)102-75(99)87-69-21-11-9-19-67(69)57-15-6-5-7-16-57)38-30-55-22-24-58(25-23-55)72(96)90(3)37-13-36-89(2)71(95)52-100-70-49-59-17-8-10-20-68(59)76(70)33-41-93(42-34-76)43-35-77(62-26-28-65(80)29-27-62)53-94(54-101-77)74(98)61-47-63(78(81,82)83)50-64(48-61)79(84,85)86;;;/h5-12,14-29,46-48,50,66,70H,13,30-45,49,51-54H2,1-4H3,(H,87,99);3*1H/t70-,77-;;;/m0.../s1. The Balaban J connectivity index is 0.00000465. The largest absolute Gasteiger partial charge is 0.446 e. The number of ether oxygens (including phenoxy) is 3. The summed E-state index contributed by atoms with van der Waals surface area (Å²) in [7, 11) is 7.34. The Morgan fingerprint density at radius 1 is 0.610 bits per heavy atom. The number of benzene rings is 7. The summed E-state index contributed by atoms with van der Waals surface area (Å²) in [5.41, 5.74) is 3.01. The Bertz CT molecular complexity index is 4040. The molecule has 3 saturated heterocycles. The molecule has 564 valence electrons. The van der Waals surface area contributed by atoms with E-state index in [0.717, 1.165) is 64.3 Å². The quantitative estimate of drug-likeness (QED) is 0.0545. The first kappa shape index (κ1) is 82.5. The van der Waals surface area contributed by atoms with Crippen molar-refractivity contribution in [1.29, 1.82) is 0 Å². The predicted molar refractivity (Wildman–Crippen MR) is 396 cm³/mol. The number of likely N-dealkylation sites (N-methyl/N-ethyl adjacent to an activating group) is 3. The second-order valence-corrected chi connectivity index (χ2v) is 27.5. The Morgan fingerprint density at radius 2 is 1.23 bits per heavy atom. The molecule has 3 heterocycles. The SMILES string of the molecule is CN(CCc1ccc(C(=O)N(C)CCCN(C)C(=O)CO[C@H]2Cc3ccccc3C23CCN(CC[C@@]2(c4ccc(F)cc4)CN(C(=O)c4cc(C(F)(F)F)cc(C(F)(F)F)c4)CO2)CC3)cc1)Cc1cccc(C(=O)N(C)CCN2CCC(OC(=O)Nc3ccccc3-c3ccccc3)CC2)c1.Cl.Cl.Cl. The molecule has 11 rings (SSSR count). The van der Waals surface area contributed by atoms with Crippen LogP contribution in [0.4, 0.5) is 41.2 Å². The van der Waals surface area contributed by atoms with Gasteiger partial charge in [-0.25, -0.2) is 9.18 Å². The number of anilines is 1. The van der Waals surface area contributed by atoms with E-state index in [9.17, 15) is 54.7 Å². The summed E-state index contributed by atoms with van der Waals surface area (Å²) < 4.78 is 116. The maximum absolute atomic E-state index is 14.3. The van der Waals surface area contributed by atoms with Gasteiger partial charge in [-0.15, -0.1) is 37.2 Å². The van der Waals surface area contributed by atoms with Gasteiger partial charge in [-0.3, -0.25) is 24.5 Å². The molecule has 2 atom stereocenters. The molecule has 105 heavy (non-hydrogen) atoms. The summed E-state index contributed by atoms with van der Waals surface area (Å²) in [5, 5.41) is 2.94. The summed E-state index contributed by atoms with van der Waals surface area (Å²) in [6, 6.07) is 47.3. The fraction of sp³-hybridized carbons (Fsp3) is 0.405. The summed E-state index contributed by atoms with van der Waals surface area (Å²) in [6.45, 7) is 5.80. The fourth-order valence-electron chi connectivity index (χ4n) is 14.5. The van der Waals surface area contributed by atoms with Crippen LogP contribution in [-0.2, 0) is 61.8 Å². The molecule has 3 fully saturated rings. The lowest BCUT2D eigenvalue weighted by atomic mass is 9.72. The van der Waals surface area contributed by atoms with E-state index in [2.05, 4.69) is 32.1 Å². The molecular weight excluding hydrogens is 1430 g/mol. The minimum Gasteiger partial charge on any atom is -0.446 e. The molecule has 0 bridgehead atoms. The number of para-hydroxylation sites is 1. The van der Waals surface area contributed by atoms with Crippen molar-refractivity contribution in [3.05, 3.63) is 231 Å². The number of hydrogen-bond donors (Lipinski definition) is 1. The van der Waals surface area contributed by atoms with Gasteiger partial charge in [0.15, 0.2) is 0 Å². The molecule has 0 unspecified atom stereocenters. The summed E-state index contributed by atoms with van der Waals surface area (Å²) in [6.07, 6.45) is -6.37. The number of carbonyl (C=O) groups is 5. The number of likely N-dealkylation sites (tertiary alicyclic amines) is 2. The average molecular weight is 1520 g/mol. The molecule has 1 N–H and O–H groups in total. The third-order valence-electron chi connectivity index (χ3n) is 20.5. The monoisotopic (exact) mass is 1520 g/mol. The number of fused-ring (bicyclic) bond motifs is 2. The van der Waals surface area contributed by atoms with Gasteiger partial charge in [0.25, 0.3) is 17.7 Å². The van der Waals surface area contributed by atoms with Gasteiger partial charge in [0, 0.05) is 108 Å². The van der Waals surface area contributed by atoms with Crippen molar-refractivity contribution in [2.75, 3.05) is 119 Å². The Morgan fingerprint density at radius 3 is 1.91 bits per heavy atom. The summed E-state index contributed by atoms with van der Waals surface area (Å²) >= 11 is 0. The van der Waals surface area contributed by atoms with E-state index < -0.39 is 64.6 Å². The number of halogens is 10. The maximum atomic E-state index is 14.3. The van der Waals surface area contributed by atoms with Crippen LogP contribution in [0, 0.1) is 5.82 Å². The van der Waals surface area contributed by atoms with Crippen LogP contribution >= 0.6 is 37.2 Å². The molecule has 7 aromatic rings. The van der Waals surface area contributed by atoms with E-state index in [1.54, 1.807) is 28.8 Å². The molecule has 26 heteroatoms. The van der Waals surface area contributed by atoms with E-state index in [4.69, 9.17) is 14.2 Å². The number of carbonyl (C=O) groups excluding carboxylic acids is 5. The van der Waals surface area contributed by atoms with E-state index in [-0.39, 0.29) is 92.8 Å². The highest BCUT2D eigenvalue weighted by molar-refractivity contribution is 5.96. The van der Waals surface area contributed by atoms with Gasteiger partial charge in [0.2, 0.25) is 5.91 Å². The number of nitrogens with zero attached hydrogens (tertiary/aromatic N) is 7. The van der Waals surface area contributed by atoms with E-state index in [1.807, 2.05) is 129 Å². The molecular formula is C79H90Cl3F7N8O8. The van der Waals surface area contributed by atoms with Crippen molar-refractivity contribution in [2.45, 2.75) is 93.5 Å². The highest BCUT2D eigenvalue weighted by Gasteiger charge is 2.50. The normalized spacial score (nSPS) is 17.4. The number of alkyl halides is 6. The van der Waals surface area contributed by atoms with E-state index >= 15 is 0 Å². The number of rotatable bonds is 25. The van der Waals surface area contributed by atoms with Crippen LogP contribution in [0.2, 0.25) is 0 Å². The Kier molecular flexibility index (Phi) is 28.6. The Hall–Kier alpha value is -8.13. The zero-order chi connectivity index (χ0) is 72.3. The van der Waals surface area contributed by atoms with Crippen LogP contribution in [-0.4, -0.2) is 190 Å². The number of hydrogen-bond acceptors (Lipinski definition) is 11. The second kappa shape index (κ2) is 36.4. The minimum atomic E-state index is -5.15. The third-order valence-corrected chi connectivity index (χ3v) is 20.5. The lowest BCUT2D eigenvalue weighted by Crippen LogP contribution is -2.50. The highest BCUT2D eigenvalue weighted by atomic mass is 35.5. The van der Waals surface area contributed by atoms with Crippen LogP contribution < -0.4 is 5.32 Å². The second-order valence-electron chi connectivity index (χ2n) is 27.5. The van der Waals surface area contributed by atoms with Crippen molar-refractivity contribution in [2.24, 2.45) is 0 Å². The summed E-state index contributed by atoms with van der Waals surface area (Å²) in [5.74, 6) is -1.98. The number of nitrogens with one attached hydrogen (secondary N) is 1. The fourth-order valence-corrected chi connectivity index (χ4v) is 14.5. The predicted octanol–water partition coefficient (Wildman–Crippen LogP) is 14.6. The lowest BCUT2D eigenvalue weighted by Gasteiger charge is -2.44. The molecule has 0 saturated carbocycles. The smallest absolute Gasteiger partial charge is 0.416 e. The van der Waals surface area contributed by atoms with Crippen molar-refractivity contribution >= 4 is 72.6 Å². The van der Waals surface area contributed by atoms with Gasteiger partial charge in [0.05, 0.1) is 29.5 Å². The molecule has 0 aromatic heterocycles. The van der Waals surface area contributed by atoms with E-state index in [1.165, 1.54) is 24.3 Å². The zero-order valence-electron chi connectivity index (χ0n) is 59.1. The molecule has 5 amide bonds. The van der Waals surface area contributed by atoms with Crippen molar-refractivity contribution < 1.29 is 68.9 Å². The molecule has 4 aliphatic rings. The zero-order valence-corrected chi connectivity index (χ0v) is 61.6. The van der Waals surface area contributed by atoms with Crippen LogP contribution in [0.1, 0.15) is 109 Å². The van der Waals surface area contributed by atoms with E-state index in [0.29, 0.717) is 125 Å². The Labute approximate surface area is 627 Å². The van der Waals surface area contributed by atoms with Gasteiger partial charge in [0.1, 0.15) is 30.9 Å². The molecule has 1 spiro atoms. The molecule has 0 radical (unpaired) electrons. The van der Waals surface area contributed by atoms with Gasteiger partial charge in [-0.05, 0) is 166 Å². The first-order valence-electron chi connectivity index (χ1n) is 34.7. The van der Waals surface area contributed by atoms with Crippen LogP contribution in [0.5, 0.6) is 0 Å². The molecule has 7 aromatic carbocycles. The van der Waals surface area contributed by atoms with Crippen molar-refractivity contribution in [3.63, 3.8) is 0 Å². The van der Waals surface area contributed by atoms with Gasteiger partial charge in [-0.1, -0.05) is 109 Å². The first-order valence-corrected chi connectivity index (χ1v) is 34.7. The third kappa shape index (κ3) is 20.7. The van der Waals surface area contributed by atoms with Gasteiger partial charge in [-0.2, -0.15) is 26.3 Å². The molecule has 1 aliphatic carbocycles. The topological polar surface area (TPSA) is 148 Å². The number of amides is 5. The maximum Gasteiger partial charge on any atom is 0.416 e. The van der Waals surface area contributed by atoms with Gasteiger partial charge >= 0.3 is 18.4 Å². The first-order chi connectivity index (χ1) is 48.8. The average Bonchev–Trinajstić information content (AvgIpc) is 1.63. The summed E-state index contributed by atoms with van der Waals surface area (Å²) in [4.78, 5) is 80.5. The lowest BCUT2D eigenvalue weighted by molar-refractivity contribution is -0.143. The number of piperidine rings is 2. The van der Waals surface area contributed by atoms with Crippen LogP contribution in [0.25, 0.3) is 11.1 Å². The molecule has 3 aliphatic heterocycles. The highest BCUT2D eigenvalue weighted by Crippen LogP contribution is 2.49. The van der Waals surface area contributed by atoms with Crippen molar-refractivity contribution in [3.8, 4) is 11.1 Å². The molecule has 16 nitrogen and oxygen atoms in total. The van der Waals surface area contributed by atoms with Gasteiger partial charge < -0.3 is 48.5 Å².